The number of carbonyl (C=O) groups is 1. The maximum Gasteiger partial charge on any atom is 0.337 e. The van der Waals surface area contributed by atoms with Crippen LogP contribution in [0.5, 0.6) is 0 Å². The quantitative estimate of drug-likeness (QED) is 0.762. The standard InChI is InChI=1S/C14H14N2O3/c17-9-11-3-1-2-10(6-11)7-15-13-5-4-12(8-16-13)14(18)19/h1-6,8,17H,7,9H2,(H,15,16)(H,18,19). The summed E-state index contributed by atoms with van der Waals surface area (Å²) in [5.41, 5.74) is 2.04. The Morgan fingerprint density at radius 2 is 2.00 bits per heavy atom. The summed E-state index contributed by atoms with van der Waals surface area (Å²) >= 11 is 0. The van der Waals surface area contributed by atoms with Gasteiger partial charge in [0, 0.05) is 12.7 Å². The van der Waals surface area contributed by atoms with Crippen LogP contribution in [0, 0.1) is 0 Å². The Morgan fingerprint density at radius 3 is 2.63 bits per heavy atom. The number of carboxylic acid groups (broad SMARTS) is 1. The zero-order valence-electron chi connectivity index (χ0n) is 10.2. The predicted molar refractivity (Wildman–Crippen MR) is 70.9 cm³/mol. The molecule has 0 fully saturated rings. The summed E-state index contributed by atoms with van der Waals surface area (Å²) in [6.07, 6.45) is 1.31. The van der Waals surface area contributed by atoms with Gasteiger partial charge in [-0.2, -0.15) is 0 Å². The van der Waals surface area contributed by atoms with Crippen molar-refractivity contribution in [2.24, 2.45) is 0 Å². The number of hydrogen-bond donors (Lipinski definition) is 3. The summed E-state index contributed by atoms with van der Waals surface area (Å²) in [6, 6.07) is 10.7. The first-order valence-corrected chi connectivity index (χ1v) is 5.81. The molecule has 0 saturated carbocycles. The molecule has 3 N–H and O–H groups in total. The maximum absolute atomic E-state index is 10.7. The molecule has 1 heterocycles. The van der Waals surface area contributed by atoms with Crippen LogP contribution in [0.4, 0.5) is 5.82 Å². The van der Waals surface area contributed by atoms with Crippen molar-refractivity contribution < 1.29 is 15.0 Å². The lowest BCUT2D eigenvalue weighted by Crippen LogP contribution is -2.03. The molecule has 0 bridgehead atoms. The minimum Gasteiger partial charge on any atom is -0.478 e. The van der Waals surface area contributed by atoms with Crippen LogP contribution in [0.25, 0.3) is 0 Å². The van der Waals surface area contributed by atoms with E-state index in [1.807, 2.05) is 24.3 Å². The summed E-state index contributed by atoms with van der Waals surface area (Å²) in [5.74, 6) is -0.380. The summed E-state index contributed by atoms with van der Waals surface area (Å²) in [6.45, 7) is 0.576. The summed E-state index contributed by atoms with van der Waals surface area (Å²) < 4.78 is 0. The summed E-state index contributed by atoms with van der Waals surface area (Å²) in [7, 11) is 0. The number of aliphatic hydroxyl groups is 1. The number of hydrogen-bond acceptors (Lipinski definition) is 4. The molecule has 19 heavy (non-hydrogen) atoms. The smallest absolute Gasteiger partial charge is 0.337 e. The SMILES string of the molecule is O=C(O)c1ccc(NCc2cccc(CO)c2)nc1. The van der Waals surface area contributed by atoms with E-state index in [1.165, 1.54) is 12.3 Å². The van der Waals surface area contributed by atoms with Gasteiger partial charge in [0.2, 0.25) is 0 Å². The highest BCUT2D eigenvalue weighted by atomic mass is 16.4. The largest absolute Gasteiger partial charge is 0.478 e. The molecule has 0 amide bonds. The Bertz CT molecular complexity index is 567. The van der Waals surface area contributed by atoms with Crippen LogP contribution < -0.4 is 5.32 Å². The number of pyridine rings is 1. The van der Waals surface area contributed by atoms with Gasteiger partial charge in [0.1, 0.15) is 5.82 Å². The molecule has 0 saturated heterocycles. The molecule has 0 unspecified atom stereocenters. The van der Waals surface area contributed by atoms with Gasteiger partial charge < -0.3 is 15.5 Å². The first-order valence-electron chi connectivity index (χ1n) is 5.81. The van der Waals surface area contributed by atoms with Gasteiger partial charge in [-0.05, 0) is 23.3 Å². The normalized spacial score (nSPS) is 10.2. The fourth-order valence-corrected chi connectivity index (χ4v) is 1.66. The van der Waals surface area contributed by atoms with E-state index in [9.17, 15) is 4.79 Å². The average Bonchev–Trinajstić information content (AvgIpc) is 2.46. The number of aromatic nitrogens is 1. The number of benzene rings is 1. The van der Waals surface area contributed by atoms with E-state index in [1.54, 1.807) is 6.07 Å². The molecule has 2 aromatic rings. The number of rotatable bonds is 5. The van der Waals surface area contributed by atoms with Crippen molar-refractivity contribution in [1.82, 2.24) is 4.98 Å². The van der Waals surface area contributed by atoms with Gasteiger partial charge in [0.25, 0.3) is 0 Å². The van der Waals surface area contributed by atoms with Crippen LogP contribution >= 0.6 is 0 Å². The highest BCUT2D eigenvalue weighted by Crippen LogP contribution is 2.09. The number of anilines is 1. The lowest BCUT2D eigenvalue weighted by Gasteiger charge is -2.07. The van der Waals surface area contributed by atoms with E-state index in [0.29, 0.717) is 12.4 Å². The van der Waals surface area contributed by atoms with Crippen LogP contribution in [0.3, 0.4) is 0 Å². The van der Waals surface area contributed by atoms with E-state index in [0.717, 1.165) is 11.1 Å². The highest BCUT2D eigenvalue weighted by molar-refractivity contribution is 5.87. The van der Waals surface area contributed by atoms with Crippen molar-refractivity contribution in [1.29, 1.82) is 0 Å². The molecule has 0 spiro atoms. The highest BCUT2D eigenvalue weighted by Gasteiger charge is 2.02. The lowest BCUT2D eigenvalue weighted by molar-refractivity contribution is 0.0696. The maximum atomic E-state index is 10.7. The van der Waals surface area contributed by atoms with Gasteiger partial charge in [-0.3, -0.25) is 0 Å². The minimum absolute atomic E-state index is 0.0133. The summed E-state index contributed by atoms with van der Waals surface area (Å²) in [5, 5.41) is 20.9. The third kappa shape index (κ3) is 3.53. The molecular formula is C14H14N2O3. The molecule has 0 aliphatic rings. The van der Waals surface area contributed by atoms with Gasteiger partial charge in [0.15, 0.2) is 0 Å². The number of aliphatic hydroxyl groups excluding tert-OH is 1. The first-order chi connectivity index (χ1) is 9.19. The van der Waals surface area contributed by atoms with Crippen LogP contribution in [0.1, 0.15) is 21.5 Å². The molecule has 0 atom stereocenters. The van der Waals surface area contributed by atoms with Crippen molar-refractivity contribution >= 4 is 11.8 Å². The fraction of sp³-hybridized carbons (Fsp3) is 0.143. The fourth-order valence-electron chi connectivity index (χ4n) is 1.66. The molecule has 1 aromatic heterocycles. The zero-order valence-corrected chi connectivity index (χ0v) is 10.2. The van der Waals surface area contributed by atoms with E-state index in [4.69, 9.17) is 10.2 Å². The summed E-state index contributed by atoms with van der Waals surface area (Å²) in [4.78, 5) is 14.7. The van der Waals surface area contributed by atoms with Gasteiger partial charge in [-0.1, -0.05) is 24.3 Å². The number of carboxylic acids is 1. The van der Waals surface area contributed by atoms with E-state index in [2.05, 4.69) is 10.3 Å². The molecule has 98 valence electrons. The van der Waals surface area contributed by atoms with Crippen LogP contribution in [-0.2, 0) is 13.2 Å². The number of aromatic carboxylic acids is 1. The van der Waals surface area contributed by atoms with Gasteiger partial charge >= 0.3 is 5.97 Å². The van der Waals surface area contributed by atoms with Crippen molar-refractivity contribution in [3.8, 4) is 0 Å². The molecule has 0 aliphatic carbocycles. The zero-order chi connectivity index (χ0) is 13.7. The average molecular weight is 258 g/mol. The van der Waals surface area contributed by atoms with Crippen molar-refractivity contribution in [3.63, 3.8) is 0 Å². The van der Waals surface area contributed by atoms with Gasteiger partial charge in [-0.15, -0.1) is 0 Å². The lowest BCUT2D eigenvalue weighted by atomic mass is 10.1. The number of nitrogens with zero attached hydrogens (tertiary/aromatic N) is 1. The van der Waals surface area contributed by atoms with E-state index in [-0.39, 0.29) is 12.2 Å². The second-order valence-electron chi connectivity index (χ2n) is 4.07. The molecule has 0 radical (unpaired) electrons. The first kappa shape index (κ1) is 13.0. The third-order valence-corrected chi connectivity index (χ3v) is 2.66. The Labute approximate surface area is 110 Å². The molecule has 0 aliphatic heterocycles. The third-order valence-electron chi connectivity index (χ3n) is 2.66. The van der Waals surface area contributed by atoms with Crippen LogP contribution in [-0.4, -0.2) is 21.2 Å². The van der Waals surface area contributed by atoms with E-state index < -0.39 is 5.97 Å². The van der Waals surface area contributed by atoms with Crippen LogP contribution in [0.15, 0.2) is 42.6 Å². The molecule has 1 aromatic carbocycles. The number of nitrogens with one attached hydrogen (secondary N) is 1. The molecule has 5 heteroatoms. The molecule has 2 rings (SSSR count). The molecule has 5 nitrogen and oxygen atoms in total. The predicted octanol–water partition coefficient (Wildman–Crippen LogP) is 1.88. The Kier molecular flexibility index (Phi) is 4.10. The minimum atomic E-state index is -0.991. The molecular weight excluding hydrogens is 244 g/mol. The van der Waals surface area contributed by atoms with Crippen molar-refractivity contribution in [3.05, 3.63) is 59.3 Å². The second kappa shape index (κ2) is 5.97. The topological polar surface area (TPSA) is 82.5 Å². The Balaban J connectivity index is 1.99. The second-order valence-corrected chi connectivity index (χ2v) is 4.07. The van der Waals surface area contributed by atoms with Gasteiger partial charge in [0.05, 0.1) is 12.2 Å². The van der Waals surface area contributed by atoms with E-state index >= 15 is 0 Å². The van der Waals surface area contributed by atoms with Crippen molar-refractivity contribution in [2.75, 3.05) is 5.32 Å². The Hall–Kier alpha value is -2.40. The monoisotopic (exact) mass is 258 g/mol. The van der Waals surface area contributed by atoms with Crippen molar-refractivity contribution in [2.45, 2.75) is 13.2 Å². The Morgan fingerprint density at radius 1 is 1.21 bits per heavy atom. The van der Waals surface area contributed by atoms with Gasteiger partial charge in [-0.25, -0.2) is 9.78 Å². The van der Waals surface area contributed by atoms with Crippen LogP contribution in [0.2, 0.25) is 0 Å².